The third-order valence-corrected chi connectivity index (χ3v) is 3.84. The number of hydrogen-bond acceptors (Lipinski definition) is 6. The molecule has 1 heterocycles. The van der Waals surface area contributed by atoms with Crippen LogP contribution in [-0.2, 0) is 33.9 Å². The Bertz CT molecular complexity index is 789. The number of ether oxygens (including phenoxy) is 1. The van der Waals surface area contributed by atoms with Crippen molar-refractivity contribution in [1.29, 1.82) is 0 Å². The molecule has 0 saturated heterocycles. The summed E-state index contributed by atoms with van der Waals surface area (Å²) in [7, 11) is 0. The molecule has 0 aliphatic heterocycles. The number of carbonyl (C=O) groups excluding carboxylic acids is 2. The summed E-state index contributed by atoms with van der Waals surface area (Å²) >= 11 is 0. The predicted molar refractivity (Wildman–Crippen MR) is 108 cm³/mol. The van der Waals surface area contributed by atoms with E-state index in [0.29, 0.717) is 6.54 Å². The quantitative estimate of drug-likeness (QED) is 0.585. The molecule has 1 unspecified atom stereocenters. The molecular weight excluding hydrogens is 372 g/mol. The highest BCUT2D eigenvalue weighted by Crippen LogP contribution is 2.09. The zero-order chi connectivity index (χ0) is 21.3. The van der Waals surface area contributed by atoms with E-state index in [2.05, 4.69) is 15.8 Å². The molecule has 0 fully saturated rings. The molecule has 4 N–H and O–H groups in total. The van der Waals surface area contributed by atoms with Crippen molar-refractivity contribution in [2.75, 3.05) is 0 Å². The van der Waals surface area contributed by atoms with Gasteiger partial charge in [0.05, 0.1) is 6.61 Å². The van der Waals surface area contributed by atoms with Gasteiger partial charge in [0.25, 0.3) is 5.91 Å². The predicted octanol–water partition coefficient (Wildman–Crippen LogP) is 2.22. The highest BCUT2D eigenvalue weighted by Gasteiger charge is 2.25. The summed E-state index contributed by atoms with van der Waals surface area (Å²) in [6.45, 7) is 5.90. The normalized spacial score (nSPS) is 12.1. The fourth-order valence-corrected chi connectivity index (χ4v) is 2.45. The lowest BCUT2D eigenvalue weighted by Gasteiger charge is -2.23. The number of nitrogens with two attached hydrogens (primary N) is 1. The van der Waals surface area contributed by atoms with Crippen LogP contribution in [-0.4, -0.2) is 28.6 Å². The number of pyridine rings is 1. The Hall–Kier alpha value is -2.97. The molecule has 1 atom stereocenters. The van der Waals surface area contributed by atoms with Crippen molar-refractivity contribution < 1.29 is 19.2 Å². The number of alkyl carbamates (subject to hydrolysis) is 1. The minimum atomic E-state index is -0.881. The van der Waals surface area contributed by atoms with E-state index >= 15 is 0 Å². The van der Waals surface area contributed by atoms with Crippen molar-refractivity contribution in [1.82, 2.24) is 15.8 Å². The number of hydrogen-bond donors (Lipinski definition) is 3. The Morgan fingerprint density at radius 2 is 1.79 bits per heavy atom. The largest absolute Gasteiger partial charge is 0.444 e. The van der Waals surface area contributed by atoms with Crippen molar-refractivity contribution in [3.05, 3.63) is 65.5 Å². The molecule has 8 heteroatoms. The van der Waals surface area contributed by atoms with E-state index in [4.69, 9.17) is 15.3 Å². The summed E-state index contributed by atoms with van der Waals surface area (Å²) in [5, 5.41) is 2.59. The van der Waals surface area contributed by atoms with Gasteiger partial charge in [0.2, 0.25) is 0 Å². The lowest BCUT2D eigenvalue weighted by molar-refractivity contribution is -0.136. The lowest BCUT2D eigenvalue weighted by atomic mass is 10.1. The van der Waals surface area contributed by atoms with Gasteiger partial charge >= 0.3 is 6.09 Å². The van der Waals surface area contributed by atoms with Gasteiger partial charge < -0.3 is 15.8 Å². The number of aromatic nitrogens is 1. The third-order valence-electron chi connectivity index (χ3n) is 3.84. The fraction of sp³-hybridized carbons (Fsp3) is 0.381. The molecule has 156 valence electrons. The van der Waals surface area contributed by atoms with Gasteiger partial charge in [-0.3, -0.25) is 14.6 Å². The molecule has 1 aromatic carbocycles. The molecular formula is C21H28N4O4. The minimum absolute atomic E-state index is 0.183. The standard InChI is InChI=1S/C21H28N4O4/c1-21(2,3)29-20(27)24-18(11-17-5-4-10-23-13-17)19(26)25-28-14-16-8-6-15(12-22)7-9-16/h4-10,13,18H,11-12,14,22H2,1-3H3,(H,24,27)(H,25,26). The van der Waals surface area contributed by atoms with Crippen LogP contribution in [0.4, 0.5) is 4.79 Å². The summed E-state index contributed by atoms with van der Waals surface area (Å²) in [6, 6.07) is 10.3. The van der Waals surface area contributed by atoms with Crippen LogP contribution < -0.4 is 16.5 Å². The Morgan fingerprint density at radius 3 is 2.38 bits per heavy atom. The molecule has 2 rings (SSSR count). The molecule has 0 spiro atoms. The number of rotatable bonds is 8. The average Bonchev–Trinajstić information content (AvgIpc) is 2.67. The van der Waals surface area contributed by atoms with E-state index < -0.39 is 23.6 Å². The molecule has 1 aromatic heterocycles. The van der Waals surface area contributed by atoms with Crippen LogP contribution in [0, 0.1) is 0 Å². The maximum Gasteiger partial charge on any atom is 0.408 e. The number of amides is 2. The Labute approximate surface area is 170 Å². The number of nitrogens with zero attached hydrogens (tertiary/aromatic N) is 1. The fourth-order valence-electron chi connectivity index (χ4n) is 2.45. The van der Waals surface area contributed by atoms with E-state index in [-0.39, 0.29) is 13.0 Å². The van der Waals surface area contributed by atoms with Crippen molar-refractivity contribution in [3.8, 4) is 0 Å². The second-order valence-corrected chi connectivity index (χ2v) is 7.54. The highest BCUT2D eigenvalue weighted by molar-refractivity contribution is 5.85. The van der Waals surface area contributed by atoms with E-state index in [9.17, 15) is 9.59 Å². The van der Waals surface area contributed by atoms with Crippen molar-refractivity contribution >= 4 is 12.0 Å². The molecule has 2 amide bonds. The first kappa shape index (κ1) is 22.3. The van der Waals surface area contributed by atoms with Crippen LogP contribution in [0.3, 0.4) is 0 Å². The van der Waals surface area contributed by atoms with Gasteiger partial charge in [-0.2, -0.15) is 0 Å². The smallest absolute Gasteiger partial charge is 0.408 e. The Kier molecular flexibility index (Phi) is 8.11. The van der Waals surface area contributed by atoms with E-state index in [1.807, 2.05) is 30.3 Å². The topological polar surface area (TPSA) is 116 Å². The van der Waals surface area contributed by atoms with E-state index in [0.717, 1.165) is 16.7 Å². The second kappa shape index (κ2) is 10.5. The van der Waals surface area contributed by atoms with Crippen LogP contribution in [0.15, 0.2) is 48.8 Å². The molecule has 2 aromatic rings. The zero-order valence-corrected chi connectivity index (χ0v) is 17.0. The minimum Gasteiger partial charge on any atom is -0.444 e. The van der Waals surface area contributed by atoms with Gasteiger partial charge in [-0.05, 0) is 43.5 Å². The first-order valence-corrected chi connectivity index (χ1v) is 9.35. The SMILES string of the molecule is CC(C)(C)OC(=O)NC(Cc1cccnc1)C(=O)NOCc1ccc(CN)cc1. The summed E-state index contributed by atoms with van der Waals surface area (Å²) in [5.41, 5.74) is 9.98. The molecule has 0 bridgehead atoms. The van der Waals surface area contributed by atoms with Crippen LogP contribution >= 0.6 is 0 Å². The summed E-state index contributed by atoms with van der Waals surface area (Å²) in [6.07, 6.45) is 2.84. The number of carbonyl (C=O) groups is 2. The molecule has 0 saturated carbocycles. The Morgan fingerprint density at radius 1 is 1.10 bits per heavy atom. The summed E-state index contributed by atoms with van der Waals surface area (Å²) in [4.78, 5) is 34.1. The summed E-state index contributed by atoms with van der Waals surface area (Å²) < 4.78 is 5.25. The van der Waals surface area contributed by atoms with Gasteiger partial charge in [0.15, 0.2) is 0 Å². The number of nitrogens with one attached hydrogen (secondary N) is 2. The molecule has 8 nitrogen and oxygen atoms in total. The van der Waals surface area contributed by atoms with Gasteiger partial charge in [-0.25, -0.2) is 10.3 Å². The van der Waals surface area contributed by atoms with E-state index in [1.54, 1.807) is 39.2 Å². The number of hydroxylamine groups is 1. The van der Waals surface area contributed by atoms with Crippen LogP contribution in [0.2, 0.25) is 0 Å². The maximum atomic E-state index is 12.6. The zero-order valence-electron chi connectivity index (χ0n) is 17.0. The van der Waals surface area contributed by atoms with Crippen molar-refractivity contribution in [3.63, 3.8) is 0 Å². The summed E-state index contributed by atoms with van der Waals surface area (Å²) in [5.74, 6) is -0.488. The van der Waals surface area contributed by atoms with Crippen LogP contribution in [0.1, 0.15) is 37.5 Å². The molecule has 0 aliphatic rings. The van der Waals surface area contributed by atoms with Crippen molar-refractivity contribution in [2.24, 2.45) is 5.73 Å². The van der Waals surface area contributed by atoms with Gasteiger partial charge in [0.1, 0.15) is 11.6 Å². The molecule has 0 radical (unpaired) electrons. The van der Waals surface area contributed by atoms with Gasteiger partial charge in [-0.1, -0.05) is 30.3 Å². The van der Waals surface area contributed by atoms with Gasteiger partial charge in [0, 0.05) is 25.4 Å². The monoisotopic (exact) mass is 400 g/mol. The number of benzene rings is 1. The lowest BCUT2D eigenvalue weighted by Crippen LogP contribution is -2.49. The maximum absolute atomic E-state index is 12.6. The van der Waals surface area contributed by atoms with Crippen LogP contribution in [0.5, 0.6) is 0 Å². The second-order valence-electron chi connectivity index (χ2n) is 7.54. The first-order valence-electron chi connectivity index (χ1n) is 9.35. The van der Waals surface area contributed by atoms with Crippen LogP contribution in [0.25, 0.3) is 0 Å². The Balaban J connectivity index is 1.96. The van der Waals surface area contributed by atoms with Gasteiger partial charge in [-0.15, -0.1) is 0 Å². The van der Waals surface area contributed by atoms with E-state index in [1.165, 1.54) is 0 Å². The first-order chi connectivity index (χ1) is 13.8. The third kappa shape index (κ3) is 8.28. The average molecular weight is 400 g/mol. The molecule has 29 heavy (non-hydrogen) atoms. The molecule has 0 aliphatic carbocycles. The highest BCUT2D eigenvalue weighted by atomic mass is 16.7. The van der Waals surface area contributed by atoms with Crippen molar-refractivity contribution in [2.45, 2.75) is 52.0 Å².